The molecule has 0 saturated heterocycles. The van der Waals surface area contributed by atoms with Gasteiger partial charge in [0.15, 0.2) is 5.16 Å². The fourth-order valence-corrected chi connectivity index (χ4v) is 1.71. The maximum absolute atomic E-state index is 11.1. The zero-order chi connectivity index (χ0) is 11.4. The van der Waals surface area contributed by atoms with Crippen molar-refractivity contribution >= 4 is 29.4 Å². The molecular weight excluding hydrogens is 216 g/mol. The van der Waals surface area contributed by atoms with Crippen molar-refractivity contribution in [1.29, 1.82) is 0 Å². The topological polar surface area (TPSA) is 104 Å². The van der Waals surface area contributed by atoms with Gasteiger partial charge in [-0.15, -0.1) is 0 Å². The summed E-state index contributed by atoms with van der Waals surface area (Å²) in [6, 6.07) is 1.45. The van der Waals surface area contributed by atoms with Gasteiger partial charge in [0, 0.05) is 6.07 Å². The lowest BCUT2D eigenvalue weighted by Gasteiger charge is -2.07. The maximum Gasteiger partial charge on any atom is 0.318 e. The average molecular weight is 228 g/mol. The van der Waals surface area contributed by atoms with Gasteiger partial charge in [0.25, 0.3) is 0 Å². The minimum Gasteiger partial charge on any atom is -0.468 e. The Labute approximate surface area is 91.4 Å². The minimum atomic E-state index is -0.392. The molecule has 7 heteroatoms. The van der Waals surface area contributed by atoms with Crippen LogP contribution in [0.4, 0.5) is 11.6 Å². The first-order valence-electron chi connectivity index (χ1n) is 4.17. The highest BCUT2D eigenvalue weighted by Crippen LogP contribution is 2.21. The van der Waals surface area contributed by atoms with Gasteiger partial charge in [-0.05, 0) is 6.92 Å². The number of aromatic nitrogens is 2. The Balaban J connectivity index is 2.76. The van der Waals surface area contributed by atoms with Crippen LogP contribution in [0.5, 0.6) is 0 Å². The number of rotatable bonds is 3. The lowest BCUT2D eigenvalue weighted by molar-refractivity contribution is -0.139. The molecule has 0 amide bonds. The van der Waals surface area contributed by atoms with Crippen LogP contribution in [0.3, 0.4) is 0 Å². The predicted molar refractivity (Wildman–Crippen MR) is 58.2 cm³/mol. The highest BCUT2D eigenvalue weighted by atomic mass is 32.2. The Morgan fingerprint density at radius 2 is 2.00 bits per heavy atom. The first-order valence-corrected chi connectivity index (χ1v) is 5.05. The van der Waals surface area contributed by atoms with E-state index in [0.29, 0.717) is 5.16 Å². The molecule has 0 aliphatic heterocycles. The van der Waals surface area contributed by atoms with E-state index in [1.165, 1.54) is 13.2 Å². The van der Waals surface area contributed by atoms with Crippen molar-refractivity contribution in [3.63, 3.8) is 0 Å². The molecule has 6 nitrogen and oxygen atoms in total. The number of thioether (sulfide) groups is 1. The van der Waals surface area contributed by atoms with Gasteiger partial charge >= 0.3 is 5.97 Å². The van der Waals surface area contributed by atoms with Gasteiger partial charge in [0.2, 0.25) is 0 Å². The van der Waals surface area contributed by atoms with Gasteiger partial charge in [-0.1, -0.05) is 11.8 Å². The van der Waals surface area contributed by atoms with Crippen LogP contribution in [-0.2, 0) is 9.53 Å². The second-order valence-corrected chi connectivity index (χ2v) is 4.09. The molecule has 0 aromatic carbocycles. The van der Waals surface area contributed by atoms with Crippen LogP contribution >= 0.6 is 11.8 Å². The molecule has 0 aliphatic carbocycles. The summed E-state index contributed by atoms with van der Waals surface area (Å²) < 4.78 is 4.57. The molecule has 0 spiro atoms. The van der Waals surface area contributed by atoms with Crippen molar-refractivity contribution in [2.75, 3.05) is 18.6 Å². The normalized spacial score (nSPS) is 12.1. The number of ether oxygens (including phenoxy) is 1. The molecule has 82 valence electrons. The van der Waals surface area contributed by atoms with E-state index in [2.05, 4.69) is 14.7 Å². The number of nitrogen functional groups attached to an aromatic ring is 2. The van der Waals surface area contributed by atoms with Crippen LogP contribution in [0, 0.1) is 0 Å². The monoisotopic (exact) mass is 228 g/mol. The van der Waals surface area contributed by atoms with Gasteiger partial charge in [-0.3, -0.25) is 4.79 Å². The number of hydrogen-bond donors (Lipinski definition) is 2. The number of nitrogens with two attached hydrogens (primary N) is 2. The fraction of sp³-hybridized carbons (Fsp3) is 0.375. The number of carbonyl (C=O) groups is 1. The molecular formula is C8H12N4O2S. The van der Waals surface area contributed by atoms with Crippen molar-refractivity contribution in [3.05, 3.63) is 6.07 Å². The Bertz CT molecular complexity index is 351. The molecule has 1 aromatic rings. The summed E-state index contributed by atoms with van der Waals surface area (Å²) in [7, 11) is 1.33. The van der Waals surface area contributed by atoms with Gasteiger partial charge in [-0.2, -0.15) is 0 Å². The number of esters is 1. The van der Waals surface area contributed by atoms with Crippen LogP contribution in [0.1, 0.15) is 6.92 Å². The summed E-state index contributed by atoms with van der Waals surface area (Å²) in [6.07, 6.45) is 0. The fourth-order valence-electron chi connectivity index (χ4n) is 0.887. The van der Waals surface area contributed by atoms with Crippen LogP contribution in [0.25, 0.3) is 0 Å². The SMILES string of the molecule is COC(=O)[C@H](C)Sc1nc(N)cc(N)n1. The zero-order valence-electron chi connectivity index (χ0n) is 8.43. The molecule has 1 rings (SSSR count). The van der Waals surface area contributed by atoms with Crippen molar-refractivity contribution < 1.29 is 9.53 Å². The second kappa shape index (κ2) is 4.83. The Hall–Kier alpha value is -1.50. The van der Waals surface area contributed by atoms with E-state index >= 15 is 0 Å². The van der Waals surface area contributed by atoms with Crippen molar-refractivity contribution in [2.45, 2.75) is 17.3 Å². The van der Waals surface area contributed by atoms with Crippen molar-refractivity contribution in [1.82, 2.24) is 9.97 Å². The van der Waals surface area contributed by atoms with Crippen LogP contribution in [0.15, 0.2) is 11.2 Å². The molecule has 1 heterocycles. The Morgan fingerprint density at radius 1 is 1.47 bits per heavy atom. The summed E-state index contributed by atoms with van der Waals surface area (Å²) in [4.78, 5) is 19.0. The molecule has 0 unspecified atom stereocenters. The third-order valence-electron chi connectivity index (χ3n) is 1.56. The van der Waals surface area contributed by atoms with E-state index < -0.39 is 5.25 Å². The van der Waals surface area contributed by atoms with E-state index in [1.54, 1.807) is 6.92 Å². The van der Waals surface area contributed by atoms with Crippen LogP contribution in [-0.4, -0.2) is 28.3 Å². The number of nitrogens with zero attached hydrogens (tertiary/aromatic N) is 2. The highest BCUT2D eigenvalue weighted by Gasteiger charge is 2.16. The van der Waals surface area contributed by atoms with Gasteiger partial charge < -0.3 is 16.2 Å². The molecule has 0 fully saturated rings. The first kappa shape index (κ1) is 11.6. The smallest absolute Gasteiger partial charge is 0.318 e. The van der Waals surface area contributed by atoms with Crippen molar-refractivity contribution in [2.24, 2.45) is 0 Å². The summed E-state index contributed by atoms with van der Waals surface area (Å²) in [5.41, 5.74) is 11.0. The third kappa shape index (κ3) is 3.28. The molecule has 15 heavy (non-hydrogen) atoms. The van der Waals surface area contributed by atoms with Crippen LogP contribution < -0.4 is 11.5 Å². The lowest BCUT2D eigenvalue weighted by Crippen LogP contribution is -2.15. The Kier molecular flexibility index (Phi) is 3.73. The predicted octanol–water partition coefficient (Wildman–Crippen LogP) is 0.295. The number of hydrogen-bond acceptors (Lipinski definition) is 7. The quantitative estimate of drug-likeness (QED) is 0.435. The average Bonchev–Trinajstić information content (AvgIpc) is 2.14. The van der Waals surface area contributed by atoms with Crippen molar-refractivity contribution in [3.8, 4) is 0 Å². The van der Waals surface area contributed by atoms with E-state index in [-0.39, 0.29) is 17.6 Å². The number of methoxy groups -OCH3 is 1. The molecule has 0 radical (unpaired) electrons. The largest absolute Gasteiger partial charge is 0.468 e. The molecule has 1 aromatic heterocycles. The summed E-state index contributed by atoms with van der Waals surface area (Å²) in [6.45, 7) is 1.69. The molecule has 0 bridgehead atoms. The van der Waals surface area contributed by atoms with E-state index in [9.17, 15) is 4.79 Å². The second-order valence-electron chi connectivity index (χ2n) is 2.78. The summed E-state index contributed by atoms with van der Waals surface area (Å²) in [5.74, 6) is 0.216. The van der Waals surface area contributed by atoms with E-state index in [1.807, 2.05) is 0 Å². The summed E-state index contributed by atoms with van der Waals surface area (Å²) in [5, 5.41) is -0.0263. The van der Waals surface area contributed by atoms with Crippen LogP contribution in [0.2, 0.25) is 0 Å². The minimum absolute atomic E-state index is 0.280. The maximum atomic E-state index is 11.1. The van der Waals surface area contributed by atoms with Gasteiger partial charge in [0.05, 0.1) is 7.11 Å². The lowest BCUT2D eigenvalue weighted by atomic mass is 10.5. The standard InChI is InChI=1S/C8H12N4O2S/c1-4(7(13)14-2)15-8-11-5(9)3-6(10)12-8/h3-4H,1-2H3,(H4,9,10,11,12)/t4-/m0/s1. The zero-order valence-corrected chi connectivity index (χ0v) is 9.25. The van der Waals surface area contributed by atoms with Gasteiger partial charge in [0.1, 0.15) is 16.9 Å². The van der Waals surface area contributed by atoms with E-state index in [0.717, 1.165) is 11.8 Å². The molecule has 0 aliphatic rings. The first-order chi connectivity index (χ1) is 7.02. The number of carbonyl (C=O) groups excluding carboxylic acids is 1. The molecule has 1 atom stereocenters. The molecule has 4 N–H and O–H groups in total. The Morgan fingerprint density at radius 3 is 2.47 bits per heavy atom. The van der Waals surface area contributed by atoms with Gasteiger partial charge in [-0.25, -0.2) is 9.97 Å². The number of anilines is 2. The summed E-state index contributed by atoms with van der Waals surface area (Å²) >= 11 is 1.15. The third-order valence-corrected chi connectivity index (χ3v) is 2.50. The molecule has 0 saturated carbocycles. The van der Waals surface area contributed by atoms with E-state index in [4.69, 9.17) is 11.5 Å². The highest BCUT2D eigenvalue weighted by molar-refractivity contribution is 8.00.